The van der Waals surface area contributed by atoms with Crippen LogP contribution >= 0.6 is 11.6 Å². The molecule has 1 heterocycles. The third-order valence-electron chi connectivity index (χ3n) is 3.93. The Bertz CT molecular complexity index is 506. The minimum Gasteiger partial charge on any atom is -0.409 e. The van der Waals surface area contributed by atoms with Crippen molar-refractivity contribution in [2.75, 3.05) is 32.1 Å². The van der Waals surface area contributed by atoms with Gasteiger partial charge in [0.1, 0.15) is 0 Å². The fourth-order valence-electron chi connectivity index (χ4n) is 2.63. The molecule has 1 fully saturated rings. The highest BCUT2D eigenvalue weighted by molar-refractivity contribution is 6.34. The normalized spacial score (nSPS) is 20.4. The van der Waals surface area contributed by atoms with Crippen molar-refractivity contribution in [2.45, 2.75) is 18.9 Å². The van der Waals surface area contributed by atoms with Gasteiger partial charge in [0.2, 0.25) is 0 Å². The molecule has 6 heteroatoms. The van der Waals surface area contributed by atoms with E-state index in [0.717, 1.165) is 12.2 Å². The summed E-state index contributed by atoms with van der Waals surface area (Å²) in [6.45, 7) is 2.14. The third kappa shape index (κ3) is 3.16. The second-order valence-corrected chi connectivity index (χ2v) is 5.71. The van der Waals surface area contributed by atoms with Crippen LogP contribution in [-0.4, -0.2) is 49.2 Å². The number of hydrogen-bond donors (Lipinski definition) is 2. The predicted octanol–water partition coefficient (Wildman–Crippen LogP) is 1.96. The van der Waals surface area contributed by atoms with Crippen molar-refractivity contribution >= 4 is 23.1 Å². The molecule has 0 radical (unpaired) electrons. The van der Waals surface area contributed by atoms with Crippen molar-refractivity contribution in [2.24, 2.45) is 10.9 Å². The predicted molar refractivity (Wildman–Crippen MR) is 82.9 cm³/mol. The van der Waals surface area contributed by atoms with E-state index >= 15 is 0 Å². The molecular formula is C14H21ClN4O. The molecule has 1 atom stereocenters. The molecule has 110 valence electrons. The molecule has 0 saturated carbocycles. The maximum Gasteiger partial charge on any atom is 0.171 e. The van der Waals surface area contributed by atoms with Crippen molar-refractivity contribution in [3.8, 4) is 0 Å². The largest absolute Gasteiger partial charge is 0.409 e. The van der Waals surface area contributed by atoms with Crippen LogP contribution in [0.5, 0.6) is 0 Å². The number of benzene rings is 1. The topological polar surface area (TPSA) is 65.1 Å². The molecule has 2 rings (SSSR count). The summed E-state index contributed by atoms with van der Waals surface area (Å²) in [4.78, 5) is 4.58. The molecule has 1 aromatic rings. The molecule has 0 aromatic heterocycles. The van der Waals surface area contributed by atoms with Gasteiger partial charge in [-0.15, -0.1) is 0 Å². The van der Waals surface area contributed by atoms with E-state index < -0.39 is 0 Å². The summed E-state index contributed by atoms with van der Waals surface area (Å²) in [5.41, 5.74) is 7.14. The van der Waals surface area contributed by atoms with E-state index in [1.54, 1.807) is 6.07 Å². The fraction of sp³-hybridized carbons (Fsp3) is 0.500. The van der Waals surface area contributed by atoms with Crippen LogP contribution in [0.3, 0.4) is 0 Å². The van der Waals surface area contributed by atoms with Crippen LogP contribution in [0, 0.1) is 0 Å². The van der Waals surface area contributed by atoms with Gasteiger partial charge in [-0.05, 0) is 44.6 Å². The second kappa shape index (κ2) is 6.33. The minimum atomic E-state index is 0.0275. The van der Waals surface area contributed by atoms with Crippen LogP contribution in [0.1, 0.15) is 18.4 Å². The first-order chi connectivity index (χ1) is 9.52. The maximum atomic E-state index is 8.70. The highest BCUT2D eigenvalue weighted by Crippen LogP contribution is 2.24. The molecule has 1 unspecified atom stereocenters. The highest BCUT2D eigenvalue weighted by Gasteiger charge is 2.22. The number of anilines is 1. The number of amidine groups is 1. The Kier molecular flexibility index (Phi) is 4.73. The summed E-state index contributed by atoms with van der Waals surface area (Å²) >= 11 is 6.18. The number of oxime groups is 1. The van der Waals surface area contributed by atoms with E-state index in [9.17, 15) is 0 Å². The number of nitrogens with zero attached hydrogens (tertiary/aromatic N) is 3. The summed E-state index contributed by atoms with van der Waals surface area (Å²) in [7, 11) is 4.22. The van der Waals surface area contributed by atoms with E-state index in [0.29, 0.717) is 16.6 Å². The van der Waals surface area contributed by atoms with Crippen LogP contribution in [0.25, 0.3) is 0 Å². The lowest BCUT2D eigenvalue weighted by molar-refractivity contribution is 0.314. The molecule has 3 N–H and O–H groups in total. The molecule has 0 amide bonds. The van der Waals surface area contributed by atoms with E-state index in [-0.39, 0.29) is 5.84 Å². The Balaban J connectivity index is 2.10. The van der Waals surface area contributed by atoms with Crippen LogP contribution < -0.4 is 10.6 Å². The van der Waals surface area contributed by atoms with Gasteiger partial charge in [-0.1, -0.05) is 16.8 Å². The van der Waals surface area contributed by atoms with Gasteiger partial charge in [0.15, 0.2) is 5.84 Å². The molecule has 20 heavy (non-hydrogen) atoms. The molecular weight excluding hydrogens is 276 g/mol. The molecule has 1 aliphatic rings. The van der Waals surface area contributed by atoms with E-state index in [1.807, 2.05) is 12.1 Å². The molecule has 0 aliphatic carbocycles. The Hall–Kier alpha value is -1.46. The fourth-order valence-corrected chi connectivity index (χ4v) is 2.91. The summed E-state index contributed by atoms with van der Waals surface area (Å²) in [5, 5.41) is 12.2. The lowest BCUT2D eigenvalue weighted by Crippen LogP contribution is -2.36. The van der Waals surface area contributed by atoms with Crippen molar-refractivity contribution in [3.05, 3.63) is 28.8 Å². The van der Waals surface area contributed by atoms with Gasteiger partial charge < -0.3 is 20.7 Å². The first-order valence-corrected chi connectivity index (χ1v) is 7.09. The Morgan fingerprint density at radius 3 is 2.90 bits per heavy atom. The number of likely N-dealkylation sites (N-methyl/N-ethyl adjacent to an activating group) is 2. The van der Waals surface area contributed by atoms with Crippen LogP contribution in [0.2, 0.25) is 5.02 Å². The molecule has 0 bridgehead atoms. The highest BCUT2D eigenvalue weighted by atomic mass is 35.5. The monoisotopic (exact) mass is 296 g/mol. The second-order valence-electron chi connectivity index (χ2n) is 5.31. The van der Waals surface area contributed by atoms with Gasteiger partial charge in [0, 0.05) is 30.9 Å². The molecule has 5 nitrogen and oxygen atoms in total. The Labute approximate surface area is 124 Å². The number of hydrogen-bond acceptors (Lipinski definition) is 4. The molecule has 0 spiro atoms. The van der Waals surface area contributed by atoms with E-state index in [2.05, 4.69) is 29.1 Å². The van der Waals surface area contributed by atoms with Crippen molar-refractivity contribution in [1.82, 2.24) is 4.90 Å². The molecule has 1 saturated heterocycles. The number of nitrogens with two attached hydrogens (primary N) is 1. The van der Waals surface area contributed by atoms with Gasteiger partial charge in [-0.25, -0.2) is 0 Å². The Morgan fingerprint density at radius 2 is 2.35 bits per heavy atom. The average Bonchev–Trinajstić information content (AvgIpc) is 2.83. The van der Waals surface area contributed by atoms with E-state index in [1.165, 1.54) is 19.4 Å². The summed E-state index contributed by atoms with van der Waals surface area (Å²) in [5.74, 6) is 0.0275. The van der Waals surface area contributed by atoms with Crippen molar-refractivity contribution in [3.63, 3.8) is 0 Å². The summed E-state index contributed by atoms with van der Waals surface area (Å²) in [6.07, 6.45) is 2.50. The maximum absolute atomic E-state index is 8.70. The number of rotatable bonds is 4. The lowest BCUT2D eigenvalue weighted by Gasteiger charge is -2.27. The SMILES string of the molecule is CN(CC1CCCN1C)c1ccc(C(N)=NO)c(Cl)c1. The summed E-state index contributed by atoms with van der Waals surface area (Å²) < 4.78 is 0. The average molecular weight is 297 g/mol. The quantitative estimate of drug-likeness (QED) is 0.386. The number of likely N-dealkylation sites (tertiary alicyclic amines) is 1. The lowest BCUT2D eigenvalue weighted by atomic mass is 10.1. The van der Waals surface area contributed by atoms with Crippen LogP contribution in [0.15, 0.2) is 23.4 Å². The third-order valence-corrected chi connectivity index (χ3v) is 4.25. The zero-order valence-corrected chi connectivity index (χ0v) is 12.6. The van der Waals surface area contributed by atoms with Crippen molar-refractivity contribution in [1.29, 1.82) is 0 Å². The zero-order chi connectivity index (χ0) is 14.7. The van der Waals surface area contributed by atoms with Crippen molar-refractivity contribution < 1.29 is 5.21 Å². The van der Waals surface area contributed by atoms with Gasteiger partial charge in [0.25, 0.3) is 0 Å². The molecule has 1 aliphatic heterocycles. The zero-order valence-electron chi connectivity index (χ0n) is 11.9. The minimum absolute atomic E-state index is 0.0275. The van der Waals surface area contributed by atoms with Gasteiger partial charge in [0.05, 0.1) is 5.02 Å². The first-order valence-electron chi connectivity index (χ1n) is 6.71. The van der Waals surface area contributed by atoms with Crippen LogP contribution in [-0.2, 0) is 0 Å². The van der Waals surface area contributed by atoms with Gasteiger partial charge >= 0.3 is 0 Å². The van der Waals surface area contributed by atoms with E-state index in [4.69, 9.17) is 22.5 Å². The van der Waals surface area contributed by atoms with Gasteiger partial charge in [-0.2, -0.15) is 0 Å². The number of halogens is 1. The van der Waals surface area contributed by atoms with Gasteiger partial charge in [-0.3, -0.25) is 0 Å². The first kappa shape index (κ1) is 14.9. The molecule has 1 aromatic carbocycles. The summed E-state index contributed by atoms with van der Waals surface area (Å²) in [6, 6.07) is 6.15. The standard InChI is InChI=1S/C14H21ClN4O/c1-18-7-3-4-11(18)9-19(2)10-5-6-12(13(15)8-10)14(16)17-20/h5-6,8,11,20H,3-4,7,9H2,1-2H3,(H2,16,17). The Morgan fingerprint density at radius 1 is 1.60 bits per heavy atom. The smallest absolute Gasteiger partial charge is 0.171 e. The van der Waals surface area contributed by atoms with Crippen LogP contribution in [0.4, 0.5) is 5.69 Å².